The molecule has 132 valence electrons. The van der Waals surface area contributed by atoms with Gasteiger partial charge in [0, 0.05) is 28.6 Å². The second kappa shape index (κ2) is 6.65. The number of hydrogen-bond acceptors (Lipinski definition) is 4. The molecule has 26 heavy (non-hydrogen) atoms. The van der Waals surface area contributed by atoms with Gasteiger partial charge in [0.15, 0.2) is 5.78 Å². The van der Waals surface area contributed by atoms with E-state index >= 15 is 0 Å². The van der Waals surface area contributed by atoms with E-state index in [1.807, 2.05) is 55.5 Å². The van der Waals surface area contributed by atoms with Crippen LogP contribution in [-0.4, -0.2) is 22.7 Å². The summed E-state index contributed by atoms with van der Waals surface area (Å²) in [6.07, 6.45) is 0. The van der Waals surface area contributed by atoms with Crippen LogP contribution >= 0.6 is 11.8 Å². The molecule has 0 spiro atoms. The van der Waals surface area contributed by atoms with Gasteiger partial charge in [-0.25, -0.2) is 0 Å². The van der Waals surface area contributed by atoms with E-state index in [0.717, 1.165) is 21.4 Å². The van der Waals surface area contributed by atoms with Gasteiger partial charge >= 0.3 is 0 Å². The van der Waals surface area contributed by atoms with Crippen LogP contribution in [0.25, 0.3) is 10.9 Å². The maximum absolute atomic E-state index is 12.9. The average Bonchev–Trinajstić information content (AvgIpc) is 3.11. The van der Waals surface area contributed by atoms with Crippen molar-refractivity contribution in [2.45, 2.75) is 17.7 Å². The Morgan fingerprint density at radius 2 is 1.92 bits per heavy atom. The van der Waals surface area contributed by atoms with E-state index in [4.69, 9.17) is 4.74 Å². The van der Waals surface area contributed by atoms with Crippen molar-refractivity contribution in [3.05, 3.63) is 70.0 Å². The predicted molar refractivity (Wildman–Crippen MR) is 104 cm³/mol. The zero-order valence-electron chi connectivity index (χ0n) is 14.7. The molecule has 0 saturated heterocycles. The van der Waals surface area contributed by atoms with E-state index in [0.29, 0.717) is 17.1 Å². The van der Waals surface area contributed by atoms with E-state index in [-0.39, 0.29) is 17.9 Å². The Labute approximate surface area is 155 Å². The van der Waals surface area contributed by atoms with Crippen molar-refractivity contribution in [2.24, 2.45) is 7.05 Å². The number of rotatable bonds is 4. The smallest absolute Gasteiger partial charge is 0.255 e. The number of Topliss-reactive ketones (excluding diaryl/α,β-unsaturated/α-hetero) is 1. The molecule has 0 amide bonds. The van der Waals surface area contributed by atoms with Gasteiger partial charge in [-0.05, 0) is 25.1 Å². The van der Waals surface area contributed by atoms with Crippen LogP contribution in [0.4, 0.5) is 0 Å². The largest absolute Gasteiger partial charge is 0.486 e. The summed E-state index contributed by atoms with van der Waals surface area (Å²) in [7, 11) is 1.76. The summed E-state index contributed by atoms with van der Waals surface area (Å²) >= 11 is 1.59. The van der Waals surface area contributed by atoms with Gasteiger partial charge < -0.3 is 9.30 Å². The normalized spacial score (nSPS) is 15.8. The molecule has 4 nitrogen and oxygen atoms in total. The number of pyridine rings is 1. The van der Waals surface area contributed by atoms with Crippen molar-refractivity contribution in [3.8, 4) is 5.75 Å². The van der Waals surface area contributed by atoms with Crippen molar-refractivity contribution in [3.63, 3.8) is 0 Å². The Balaban J connectivity index is 1.64. The average molecular weight is 365 g/mol. The number of ketones is 1. The highest BCUT2D eigenvalue weighted by molar-refractivity contribution is 8.00. The molecular formula is C21H19NO3S. The van der Waals surface area contributed by atoms with Crippen LogP contribution in [0.3, 0.4) is 0 Å². The van der Waals surface area contributed by atoms with Gasteiger partial charge in [0.2, 0.25) is 0 Å². The number of aromatic nitrogens is 1. The molecule has 0 saturated carbocycles. The number of aryl methyl sites for hydroxylation is 2. The fraction of sp³-hybridized carbons (Fsp3) is 0.238. The highest BCUT2D eigenvalue weighted by Gasteiger charge is 2.34. The molecule has 4 rings (SSSR count). The maximum Gasteiger partial charge on any atom is 0.255 e. The summed E-state index contributed by atoms with van der Waals surface area (Å²) in [4.78, 5) is 26.6. The number of nitrogens with zero attached hydrogens (tertiary/aromatic N) is 1. The second-order valence-electron chi connectivity index (χ2n) is 6.56. The van der Waals surface area contributed by atoms with Crippen molar-refractivity contribution in [1.82, 2.24) is 4.57 Å². The van der Waals surface area contributed by atoms with E-state index in [1.165, 1.54) is 0 Å². The molecule has 0 N–H and O–H groups in total. The van der Waals surface area contributed by atoms with E-state index < -0.39 is 5.92 Å². The zero-order valence-corrected chi connectivity index (χ0v) is 15.5. The minimum Gasteiger partial charge on any atom is -0.486 e. The molecular weight excluding hydrogens is 346 g/mol. The van der Waals surface area contributed by atoms with Crippen LogP contribution in [0.15, 0.2) is 58.2 Å². The zero-order chi connectivity index (χ0) is 18.3. The first kappa shape index (κ1) is 16.9. The molecule has 0 radical (unpaired) electrons. The van der Waals surface area contributed by atoms with Gasteiger partial charge in [0.05, 0.1) is 11.4 Å². The molecule has 1 aromatic heterocycles. The lowest BCUT2D eigenvalue weighted by atomic mass is 9.96. The number of ether oxygens (including phenoxy) is 1. The van der Waals surface area contributed by atoms with Crippen LogP contribution < -0.4 is 10.3 Å². The van der Waals surface area contributed by atoms with Gasteiger partial charge in [-0.2, -0.15) is 0 Å². The molecule has 1 aliphatic rings. The monoisotopic (exact) mass is 365 g/mol. The summed E-state index contributed by atoms with van der Waals surface area (Å²) in [6, 6.07) is 15.4. The number of carbonyl (C=O) groups excluding carboxylic acids is 1. The highest BCUT2D eigenvalue weighted by atomic mass is 32.2. The van der Waals surface area contributed by atoms with Crippen LogP contribution in [-0.2, 0) is 11.8 Å². The third-order valence-electron chi connectivity index (χ3n) is 4.82. The maximum atomic E-state index is 12.9. The fourth-order valence-corrected chi connectivity index (χ4v) is 4.75. The van der Waals surface area contributed by atoms with Gasteiger partial charge in [0.1, 0.15) is 12.4 Å². The molecule has 0 fully saturated rings. The number of carbonyl (C=O) groups is 1. The lowest BCUT2D eigenvalue weighted by molar-refractivity contribution is -0.122. The minimum atomic E-state index is -0.413. The summed E-state index contributed by atoms with van der Waals surface area (Å²) in [6.45, 7) is 1.98. The van der Waals surface area contributed by atoms with Crippen LogP contribution in [0, 0.1) is 6.92 Å². The quantitative estimate of drug-likeness (QED) is 0.708. The highest BCUT2D eigenvalue weighted by Crippen LogP contribution is 2.42. The Bertz CT molecular complexity index is 1050. The molecule has 0 bridgehead atoms. The lowest BCUT2D eigenvalue weighted by Crippen LogP contribution is -2.28. The standard InChI is InChI=1S/C21H19NO3S/c1-13-7-9-14(10-8-13)25-11-18(23)16-12-26-20-15-5-3-4-6-17(15)22(2)21(24)19(16)20/h3-10,16H,11-12H2,1-2H3. The topological polar surface area (TPSA) is 48.3 Å². The van der Waals surface area contributed by atoms with Crippen LogP contribution in [0.5, 0.6) is 5.75 Å². The van der Waals surface area contributed by atoms with Crippen molar-refractivity contribution >= 4 is 28.4 Å². The minimum absolute atomic E-state index is 0.0241. The molecule has 2 aromatic carbocycles. The molecule has 1 aliphatic heterocycles. The van der Waals surface area contributed by atoms with E-state index in [2.05, 4.69) is 0 Å². The number of benzene rings is 2. The number of thioether (sulfide) groups is 1. The molecule has 1 unspecified atom stereocenters. The van der Waals surface area contributed by atoms with Gasteiger partial charge in [0.25, 0.3) is 5.56 Å². The second-order valence-corrected chi connectivity index (χ2v) is 7.59. The lowest BCUT2D eigenvalue weighted by Gasteiger charge is -2.13. The Morgan fingerprint density at radius 3 is 2.69 bits per heavy atom. The summed E-state index contributed by atoms with van der Waals surface area (Å²) in [5, 5.41) is 1.03. The number of hydrogen-bond donors (Lipinski definition) is 0. The van der Waals surface area contributed by atoms with Crippen LogP contribution in [0.2, 0.25) is 0 Å². The molecule has 1 atom stereocenters. The molecule has 2 heterocycles. The molecule has 5 heteroatoms. The van der Waals surface area contributed by atoms with Gasteiger partial charge in [-0.3, -0.25) is 9.59 Å². The summed E-state index contributed by atoms with van der Waals surface area (Å²) < 4.78 is 7.28. The molecule has 3 aromatic rings. The SMILES string of the molecule is Cc1ccc(OCC(=O)C2CSc3c2c(=O)n(C)c2ccccc32)cc1. The van der Waals surface area contributed by atoms with E-state index in [9.17, 15) is 9.59 Å². The van der Waals surface area contributed by atoms with Crippen LogP contribution in [0.1, 0.15) is 17.0 Å². The first-order chi connectivity index (χ1) is 12.6. The Kier molecular flexibility index (Phi) is 4.32. The first-order valence-corrected chi connectivity index (χ1v) is 9.51. The predicted octanol–water partition coefficient (Wildman–Crippen LogP) is 3.68. The van der Waals surface area contributed by atoms with Crippen molar-refractivity contribution in [1.29, 1.82) is 0 Å². The van der Waals surface area contributed by atoms with Crippen molar-refractivity contribution in [2.75, 3.05) is 12.4 Å². The van der Waals surface area contributed by atoms with Gasteiger partial charge in [-0.15, -0.1) is 11.8 Å². The Morgan fingerprint density at radius 1 is 1.19 bits per heavy atom. The first-order valence-electron chi connectivity index (χ1n) is 8.53. The number of fused-ring (bicyclic) bond motifs is 3. The Hall–Kier alpha value is -2.53. The third kappa shape index (κ3) is 2.82. The summed E-state index contributed by atoms with van der Waals surface area (Å²) in [5.41, 5.74) is 2.57. The third-order valence-corrected chi connectivity index (χ3v) is 6.05. The summed E-state index contributed by atoms with van der Waals surface area (Å²) in [5.74, 6) is 0.795. The van der Waals surface area contributed by atoms with Gasteiger partial charge in [-0.1, -0.05) is 35.9 Å². The van der Waals surface area contributed by atoms with Crippen molar-refractivity contribution < 1.29 is 9.53 Å². The molecule has 0 aliphatic carbocycles. The fourth-order valence-electron chi connectivity index (χ4n) is 3.35. The number of para-hydroxylation sites is 1. The van der Waals surface area contributed by atoms with E-state index in [1.54, 1.807) is 23.4 Å².